The predicted octanol–water partition coefficient (Wildman–Crippen LogP) is 3.57. The number of hydrogen-bond acceptors (Lipinski definition) is 3. The van der Waals surface area contributed by atoms with Gasteiger partial charge in [0.2, 0.25) is 0 Å². The molecule has 5 nitrogen and oxygen atoms in total. The van der Waals surface area contributed by atoms with Gasteiger partial charge in [-0.25, -0.2) is 0 Å². The van der Waals surface area contributed by atoms with Crippen molar-refractivity contribution in [2.45, 2.75) is 0 Å². The minimum Gasteiger partial charge on any atom is -0.378 e. The average Bonchev–Trinajstić information content (AvgIpc) is 3.24. The first-order valence-corrected chi connectivity index (χ1v) is 8.77. The number of carbonyl (C=O) groups is 1. The fourth-order valence-corrected chi connectivity index (χ4v) is 3.12. The van der Waals surface area contributed by atoms with Crippen LogP contribution in [0.2, 0.25) is 0 Å². The number of carbonyl (C=O) groups excluding carboxylic acids is 1. The summed E-state index contributed by atoms with van der Waals surface area (Å²) in [5.41, 5.74) is 3.50. The molecule has 0 unspecified atom stereocenters. The van der Waals surface area contributed by atoms with E-state index in [-0.39, 0.29) is 5.91 Å². The Morgan fingerprint density at radius 2 is 1.62 bits per heavy atom. The van der Waals surface area contributed by atoms with Gasteiger partial charge in [0, 0.05) is 48.1 Å². The van der Waals surface area contributed by atoms with Crippen LogP contribution in [-0.4, -0.2) is 36.8 Å². The van der Waals surface area contributed by atoms with Gasteiger partial charge in [0.25, 0.3) is 5.91 Å². The number of morpholine rings is 1. The zero-order valence-electron chi connectivity index (χ0n) is 14.5. The van der Waals surface area contributed by atoms with E-state index in [0.29, 0.717) is 5.56 Å². The number of nitrogens with zero attached hydrogens (tertiary/aromatic N) is 2. The Kier molecular flexibility index (Phi) is 4.71. The van der Waals surface area contributed by atoms with Crippen molar-refractivity contribution in [3.63, 3.8) is 0 Å². The molecule has 1 aliphatic rings. The maximum absolute atomic E-state index is 12.7. The minimum atomic E-state index is -0.113. The van der Waals surface area contributed by atoms with Crippen LogP contribution in [0.5, 0.6) is 0 Å². The van der Waals surface area contributed by atoms with E-state index >= 15 is 0 Å². The van der Waals surface area contributed by atoms with Crippen LogP contribution in [0.4, 0.5) is 11.4 Å². The molecule has 2 heterocycles. The summed E-state index contributed by atoms with van der Waals surface area (Å²) in [6.07, 6.45) is 3.92. The highest BCUT2D eigenvalue weighted by Crippen LogP contribution is 2.21. The van der Waals surface area contributed by atoms with Crippen molar-refractivity contribution in [2.24, 2.45) is 0 Å². The molecule has 0 bridgehead atoms. The molecule has 26 heavy (non-hydrogen) atoms. The van der Waals surface area contributed by atoms with E-state index in [1.807, 2.05) is 71.6 Å². The molecule has 0 spiro atoms. The van der Waals surface area contributed by atoms with Crippen LogP contribution < -0.4 is 10.2 Å². The highest BCUT2D eigenvalue weighted by atomic mass is 16.5. The molecule has 0 saturated carbocycles. The molecule has 2 aromatic carbocycles. The Hall–Kier alpha value is -3.05. The number of ether oxygens (including phenoxy) is 1. The van der Waals surface area contributed by atoms with Crippen molar-refractivity contribution in [3.05, 3.63) is 78.6 Å². The molecule has 1 aliphatic heterocycles. The van der Waals surface area contributed by atoms with Crippen LogP contribution in [0, 0.1) is 0 Å². The van der Waals surface area contributed by atoms with Gasteiger partial charge >= 0.3 is 0 Å². The highest BCUT2D eigenvalue weighted by molar-refractivity contribution is 6.04. The first-order chi connectivity index (χ1) is 12.8. The summed E-state index contributed by atoms with van der Waals surface area (Å²) in [5.74, 6) is -0.113. The van der Waals surface area contributed by atoms with Crippen molar-refractivity contribution < 1.29 is 9.53 Å². The Morgan fingerprint density at radius 1 is 0.885 bits per heavy atom. The average molecular weight is 347 g/mol. The summed E-state index contributed by atoms with van der Waals surface area (Å²) in [4.78, 5) is 14.9. The number of benzene rings is 2. The molecule has 1 aromatic heterocycles. The lowest BCUT2D eigenvalue weighted by molar-refractivity contribution is 0.102. The van der Waals surface area contributed by atoms with Crippen LogP contribution in [-0.2, 0) is 4.74 Å². The summed E-state index contributed by atoms with van der Waals surface area (Å²) in [7, 11) is 0. The summed E-state index contributed by atoms with van der Waals surface area (Å²) in [6.45, 7) is 3.22. The molecule has 4 rings (SSSR count). The normalized spacial score (nSPS) is 14.2. The second kappa shape index (κ2) is 7.45. The van der Waals surface area contributed by atoms with E-state index in [2.05, 4.69) is 16.3 Å². The molecular weight excluding hydrogens is 326 g/mol. The summed E-state index contributed by atoms with van der Waals surface area (Å²) in [5, 5.41) is 3.00. The minimum absolute atomic E-state index is 0.113. The molecule has 1 fully saturated rings. The highest BCUT2D eigenvalue weighted by Gasteiger charge is 2.12. The van der Waals surface area contributed by atoms with E-state index in [0.717, 1.165) is 43.4 Å². The molecule has 0 aliphatic carbocycles. The van der Waals surface area contributed by atoms with Gasteiger partial charge < -0.3 is 19.5 Å². The number of aromatic nitrogens is 1. The Morgan fingerprint density at radius 3 is 2.42 bits per heavy atom. The third-order valence-corrected chi connectivity index (χ3v) is 4.49. The molecule has 0 atom stereocenters. The lowest BCUT2D eigenvalue weighted by Crippen LogP contribution is -2.36. The Bertz CT molecular complexity index is 884. The summed E-state index contributed by atoms with van der Waals surface area (Å²) in [6, 6.07) is 19.5. The number of hydrogen-bond donors (Lipinski definition) is 1. The molecule has 132 valence electrons. The van der Waals surface area contributed by atoms with Gasteiger partial charge in [-0.2, -0.15) is 0 Å². The number of nitrogens with one attached hydrogen (secondary N) is 1. The first-order valence-electron chi connectivity index (χ1n) is 8.77. The largest absolute Gasteiger partial charge is 0.378 e. The fourth-order valence-electron chi connectivity index (χ4n) is 3.12. The standard InChI is InChI=1S/C21H21N3O2/c25-21(17-5-3-7-19(15-17)23-9-1-2-10-23)22-18-6-4-8-20(16-18)24-11-13-26-14-12-24/h1-10,15-16H,11-14H2,(H,22,25). The van der Waals surface area contributed by atoms with Crippen LogP contribution in [0.25, 0.3) is 5.69 Å². The summed E-state index contributed by atoms with van der Waals surface area (Å²) < 4.78 is 7.38. The quantitative estimate of drug-likeness (QED) is 0.785. The molecule has 1 amide bonds. The zero-order valence-corrected chi connectivity index (χ0v) is 14.5. The van der Waals surface area contributed by atoms with Crippen molar-refractivity contribution in [3.8, 4) is 5.69 Å². The van der Waals surface area contributed by atoms with Crippen molar-refractivity contribution in [2.75, 3.05) is 36.5 Å². The lowest BCUT2D eigenvalue weighted by atomic mass is 10.1. The van der Waals surface area contributed by atoms with Gasteiger partial charge in [-0.05, 0) is 48.5 Å². The van der Waals surface area contributed by atoms with Crippen molar-refractivity contribution in [1.82, 2.24) is 4.57 Å². The van der Waals surface area contributed by atoms with Gasteiger partial charge in [-0.15, -0.1) is 0 Å². The third kappa shape index (κ3) is 3.63. The monoisotopic (exact) mass is 347 g/mol. The number of anilines is 2. The van der Waals surface area contributed by atoms with E-state index in [1.54, 1.807) is 0 Å². The Labute approximate surface area is 152 Å². The fraction of sp³-hybridized carbons (Fsp3) is 0.190. The smallest absolute Gasteiger partial charge is 0.255 e. The topological polar surface area (TPSA) is 46.5 Å². The van der Waals surface area contributed by atoms with Crippen LogP contribution >= 0.6 is 0 Å². The van der Waals surface area contributed by atoms with Gasteiger partial charge in [0.15, 0.2) is 0 Å². The first kappa shape index (κ1) is 16.4. The third-order valence-electron chi connectivity index (χ3n) is 4.49. The predicted molar refractivity (Wildman–Crippen MR) is 103 cm³/mol. The van der Waals surface area contributed by atoms with Crippen molar-refractivity contribution in [1.29, 1.82) is 0 Å². The molecule has 1 saturated heterocycles. The zero-order chi connectivity index (χ0) is 17.8. The van der Waals surface area contributed by atoms with Gasteiger partial charge in [-0.1, -0.05) is 12.1 Å². The maximum Gasteiger partial charge on any atom is 0.255 e. The van der Waals surface area contributed by atoms with Crippen LogP contribution in [0.3, 0.4) is 0 Å². The molecule has 3 aromatic rings. The second-order valence-corrected chi connectivity index (χ2v) is 6.24. The SMILES string of the molecule is O=C(Nc1cccc(N2CCOCC2)c1)c1cccc(-n2cccc2)c1. The maximum atomic E-state index is 12.7. The van der Waals surface area contributed by atoms with Gasteiger partial charge in [-0.3, -0.25) is 4.79 Å². The molecular formula is C21H21N3O2. The van der Waals surface area contributed by atoms with Crippen LogP contribution in [0.1, 0.15) is 10.4 Å². The van der Waals surface area contributed by atoms with E-state index in [4.69, 9.17) is 4.74 Å². The van der Waals surface area contributed by atoms with Gasteiger partial charge in [0.1, 0.15) is 0 Å². The lowest BCUT2D eigenvalue weighted by Gasteiger charge is -2.29. The van der Waals surface area contributed by atoms with Crippen molar-refractivity contribution >= 4 is 17.3 Å². The number of amides is 1. The van der Waals surface area contributed by atoms with E-state index in [9.17, 15) is 4.79 Å². The number of rotatable bonds is 4. The second-order valence-electron chi connectivity index (χ2n) is 6.24. The van der Waals surface area contributed by atoms with E-state index in [1.165, 1.54) is 0 Å². The molecule has 5 heteroatoms. The van der Waals surface area contributed by atoms with Gasteiger partial charge in [0.05, 0.1) is 13.2 Å². The van der Waals surface area contributed by atoms with Crippen LogP contribution in [0.15, 0.2) is 73.1 Å². The molecule has 0 radical (unpaired) electrons. The Balaban J connectivity index is 1.50. The van der Waals surface area contributed by atoms with E-state index < -0.39 is 0 Å². The summed E-state index contributed by atoms with van der Waals surface area (Å²) >= 11 is 0. The molecule has 1 N–H and O–H groups in total.